The fraction of sp³-hybridized carbons (Fsp3) is 0.296. The summed E-state index contributed by atoms with van der Waals surface area (Å²) in [5.41, 5.74) is 4.50. The molecule has 3 aromatic rings. The van der Waals surface area contributed by atoms with E-state index in [1.807, 2.05) is 43.4 Å². The first-order chi connectivity index (χ1) is 15.2. The first-order valence-corrected chi connectivity index (χ1v) is 11.0. The van der Waals surface area contributed by atoms with Crippen molar-refractivity contribution in [1.82, 2.24) is 9.80 Å². The van der Waals surface area contributed by atoms with Crippen LogP contribution in [0.3, 0.4) is 0 Å². The van der Waals surface area contributed by atoms with Crippen molar-refractivity contribution in [1.29, 1.82) is 0 Å². The molecule has 3 aromatic carbocycles. The molecule has 0 bridgehead atoms. The zero-order valence-electron chi connectivity index (χ0n) is 18.1. The highest BCUT2D eigenvalue weighted by molar-refractivity contribution is 5.68. The standard InChI is InChI=1S/C27H30N2O2/c1-28(27(30)31-21-22-10-4-2-5-11-22)26(20-29-18-8-9-19-29)25-16-14-24(15-17-25)23-12-6-3-7-13-23/h2-7,10-17,26H,8-9,18-21H2,1H3. The molecule has 0 aromatic heterocycles. The highest BCUT2D eigenvalue weighted by atomic mass is 16.6. The van der Waals surface area contributed by atoms with Crippen LogP contribution in [0.5, 0.6) is 0 Å². The summed E-state index contributed by atoms with van der Waals surface area (Å²) < 4.78 is 5.62. The smallest absolute Gasteiger partial charge is 0.410 e. The van der Waals surface area contributed by atoms with Crippen LogP contribution < -0.4 is 0 Å². The van der Waals surface area contributed by atoms with Crippen molar-refractivity contribution >= 4 is 6.09 Å². The second kappa shape index (κ2) is 10.3. The molecule has 1 saturated heterocycles. The number of likely N-dealkylation sites (N-methyl/N-ethyl adjacent to an activating group) is 1. The van der Waals surface area contributed by atoms with Crippen LogP contribution in [0.25, 0.3) is 11.1 Å². The zero-order valence-corrected chi connectivity index (χ0v) is 18.1. The van der Waals surface area contributed by atoms with Gasteiger partial charge in [0.05, 0.1) is 6.04 Å². The van der Waals surface area contributed by atoms with Crippen LogP contribution in [0.15, 0.2) is 84.9 Å². The SMILES string of the molecule is CN(C(=O)OCc1ccccc1)C(CN1CCCC1)c1ccc(-c2ccccc2)cc1. The van der Waals surface area contributed by atoms with Gasteiger partial charge in [-0.3, -0.25) is 0 Å². The van der Waals surface area contributed by atoms with Crippen LogP contribution in [-0.2, 0) is 11.3 Å². The Morgan fingerprint density at radius 1 is 0.871 bits per heavy atom. The average Bonchev–Trinajstić information content (AvgIpc) is 3.35. The molecule has 1 atom stereocenters. The van der Waals surface area contributed by atoms with Crippen molar-refractivity contribution in [3.05, 3.63) is 96.1 Å². The highest BCUT2D eigenvalue weighted by Crippen LogP contribution is 2.27. The van der Waals surface area contributed by atoms with Crippen molar-refractivity contribution in [2.24, 2.45) is 0 Å². The van der Waals surface area contributed by atoms with Gasteiger partial charge < -0.3 is 14.5 Å². The fourth-order valence-corrected chi connectivity index (χ4v) is 4.14. The van der Waals surface area contributed by atoms with E-state index in [2.05, 4.69) is 53.4 Å². The summed E-state index contributed by atoms with van der Waals surface area (Å²) in [7, 11) is 1.85. The Bertz CT molecular complexity index is 952. The van der Waals surface area contributed by atoms with Gasteiger partial charge in [0.15, 0.2) is 0 Å². The first kappa shape index (κ1) is 21.1. The van der Waals surface area contributed by atoms with Gasteiger partial charge in [-0.2, -0.15) is 0 Å². The summed E-state index contributed by atoms with van der Waals surface area (Å²) in [4.78, 5) is 17.1. The molecule has 1 heterocycles. The molecule has 0 aliphatic carbocycles. The Morgan fingerprint density at radius 2 is 1.45 bits per heavy atom. The lowest BCUT2D eigenvalue weighted by Crippen LogP contribution is -2.38. The molecule has 4 rings (SSSR count). The molecule has 1 amide bonds. The lowest BCUT2D eigenvalue weighted by atomic mass is 10.00. The second-order valence-electron chi connectivity index (χ2n) is 8.16. The van der Waals surface area contributed by atoms with E-state index in [-0.39, 0.29) is 18.7 Å². The summed E-state index contributed by atoms with van der Waals surface area (Å²) in [6, 6.07) is 28.7. The molecule has 31 heavy (non-hydrogen) atoms. The topological polar surface area (TPSA) is 32.8 Å². The molecule has 0 spiro atoms. The number of carbonyl (C=O) groups is 1. The minimum atomic E-state index is -0.291. The fourth-order valence-electron chi connectivity index (χ4n) is 4.14. The van der Waals surface area contributed by atoms with Gasteiger partial charge in [0.1, 0.15) is 6.61 Å². The summed E-state index contributed by atoms with van der Waals surface area (Å²) in [5, 5.41) is 0. The Kier molecular flexibility index (Phi) is 7.00. The normalized spacial score (nSPS) is 14.9. The predicted octanol–water partition coefficient (Wildman–Crippen LogP) is 5.76. The third-order valence-electron chi connectivity index (χ3n) is 5.99. The molecule has 1 aliphatic rings. The van der Waals surface area contributed by atoms with Crippen LogP contribution in [0.4, 0.5) is 4.79 Å². The summed E-state index contributed by atoms with van der Waals surface area (Å²) in [5.74, 6) is 0. The number of benzene rings is 3. The van der Waals surface area contributed by atoms with Gasteiger partial charge in [-0.15, -0.1) is 0 Å². The number of nitrogens with zero attached hydrogens (tertiary/aromatic N) is 2. The van der Waals surface area contributed by atoms with Gasteiger partial charge in [-0.25, -0.2) is 4.79 Å². The van der Waals surface area contributed by atoms with E-state index < -0.39 is 0 Å². The van der Waals surface area contributed by atoms with E-state index in [1.165, 1.54) is 24.0 Å². The number of rotatable bonds is 7. The predicted molar refractivity (Wildman–Crippen MR) is 125 cm³/mol. The molecule has 1 unspecified atom stereocenters. The van der Waals surface area contributed by atoms with Gasteiger partial charge >= 0.3 is 6.09 Å². The molecule has 4 nitrogen and oxygen atoms in total. The molecule has 160 valence electrons. The maximum Gasteiger partial charge on any atom is 0.410 e. The second-order valence-corrected chi connectivity index (χ2v) is 8.16. The molecule has 0 N–H and O–H groups in total. The molecule has 0 saturated carbocycles. The van der Waals surface area contributed by atoms with Crippen molar-refractivity contribution in [2.45, 2.75) is 25.5 Å². The van der Waals surface area contributed by atoms with Gasteiger partial charge in [-0.1, -0.05) is 84.9 Å². The van der Waals surface area contributed by atoms with Crippen molar-refractivity contribution in [2.75, 3.05) is 26.7 Å². The lowest BCUT2D eigenvalue weighted by molar-refractivity contribution is 0.0834. The Labute approximate surface area is 185 Å². The van der Waals surface area contributed by atoms with Crippen molar-refractivity contribution < 1.29 is 9.53 Å². The third kappa shape index (κ3) is 5.53. The molecule has 4 heteroatoms. The number of hydrogen-bond acceptors (Lipinski definition) is 3. The molecular formula is C27H30N2O2. The zero-order chi connectivity index (χ0) is 21.5. The minimum Gasteiger partial charge on any atom is -0.445 e. The van der Waals surface area contributed by atoms with Crippen molar-refractivity contribution in [3.63, 3.8) is 0 Å². The Hall–Kier alpha value is -3.11. The van der Waals surface area contributed by atoms with Gasteiger partial charge in [0.25, 0.3) is 0 Å². The number of ether oxygens (including phenoxy) is 1. The quantitative estimate of drug-likeness (QED) is 0.493. The summed E-state index contributed by atoms with van der Waals surface area (Å²) in [6.07, 6.45) is 2.16. The number of hydrogen-bond donors (Lipinski definition) is 0. The van der Waals surface area contributed by atoms with Crippen LogP contribution >= 0.6 is 0 Å². The molecule has 0 radical (unpaired) electrons. The van der Waals surface area contributed by atoms with Gasteiger partial charge in [-0.05, 0) is 48.2 Å². The maximum atomic E-state index is 12.9. The minimum absolute atomic E-state index is 0.0498. The highest BCUT2D eigenvalue weighted by Gasteiger charge is 2.26. The summed E-state index contributed by atoms with van der Waals surface area (Å²) in [6.45, 7) is 3.28. The van der Waals surface area contributed by atoms with Crippen molar-refractivity contribution in [3.8, 4) is 11.1 Å². The van der Waals surface area contributed by atoms with Crippen LogP contribution in [0.2, 0.25) is 0 Å². The van der Waals surface area contributed by atoms with Gasteiger partial charge in [0.2, 0.25) is 0 Å². The third-order valence-corrected chi connectivity index (χ3v) is 5.99. The van der Waals surface area contributed by atoms with E-state index in [1.54, 1.807) is 4.90 Å². The van der Waals surface area contributed by atoms with E-state index in [9.17, 15) is 4.79 Å². The molecule has 1 aliphatic heterocycles. The Balaban J connectivity index is 1.49. The molecule has 1 fully saturated rings. The number of carbonyl (C=O) groups excluding carboxylic acids is 1. The summed E-state index contributed by atoms with van der Waals surface area (Å²) >= 11 is 0. The largest absolute Gasteiger partial charge is 0.445 e. The number of amides is 1. The number of likely N-dealkylation sites (tertiary alicyclic amines) is 1. The molecular weight excluding hydrogens is 384 g/mol. The van der Waals surface area contributed by atoms with Crippen LogP contribution in [0, 0.1) is 0 Å². The van der Waals surface area contributed by atoms with E-state index in [0.29, 0.717) is 0 Å². The lowest BCUT2D eigenvalue weighted by Gasteiger charge is -2.31. The van der Waals surface area contributed by atoms with Crippen LogP contribution in [-0.4, -0.2) is 42.6 Å². The maximum absolute atomic E-state index is 12.9. The van der Waals surface area contributed by atoms with E-state index in [4.69, 9.17) is 4.74 Å². The van der Waals surface area contributed by atoms with E-state index >= 15 is 0 Å². The average molecular weight is 415 g/mol. The van der Waals surface area contributed by atoms with Gasteiger partial charge in [0, 0.05) is 13.6 Å². The monoisotopic (exact) mass is 414 g/mol. The first-order valence-electron chi connectivity index (χ1n) is 11.0. The van der Waals surface area contributed by atoms with Crippen LogP contribution in [0.1, 0.15) is 30.0 Å². The Morgan fingerprint density at radius 3 is 2.10 bits per heavy atom. The van der Waals surface area contributed by atoms with E-state index in [0.717, 1.165) is 30.8 Å².